The summed E-state index contributed by atoms with van der Waals surface area (Å²) in [4.78, 5) is 9.38. The van der Waals surface area contributed by atoms with Crippen LogP contribution in [0.25, 0.3) is 0 Å². The third-order valence-electron chi connectivity index (χ3n) is 4.04. The lowest BCUT2D eigenvalue weighted by Crippen LogP contribution is -2.44. The van der Waals surface area contributed by atoms with Crippen LogP contribution < -0.4 is 5.32 Å². The van der Waals surface area contributed by atoms with Gasteiger partial charge in [-0.1, -0.05) is 13.0 Å². The van der Waals surface area contributed by atoms with Gasteiger partial charge in [0.1, 0.15) is 5.82 Å². The molecule has 0 bridgehead atoms. The molecule has 1 N–H and O–H groups in total. The minimum absolute atomic E-state index is 0.673. The Kier molecular flexibility index (Phi) is 5.80. The summed E-state index contributed by atoms with van der Waals surface area (Å²) in [5, 5.41) is 3.31. The first-order valence-corrected chi connectivity index (χ1v) is 7.76. The summed E-state index contributed by atoms with van der Waals surface area (Å²) in [6, 6.07) is 4.95. The lowest BCUT2D eigenvalue weighted by molar-refractivity contribution is 0.129. The number of likely N-dealkylation sites (tertiary alicyclic amines) is 1. The van der Waals surface area contributed by atoms with Crippen molar-refractivity contribution in [1.82, 2.24) is 14.8 Å². The summed E-state index contributed by atoms with van der Waals surface area (Å²) in [6.45, 7) is 6.56. The topological polar surface area (TPSA) is 31.4 Å². The second kappa shape index (κ2) is 7.60. The highest BCUT2D eigenvalue weighted by molar-refractivity contribution is 5.35. The van der Waals surface area contributed by atoms with Crippen LogP contribution in [0.15, 0.2) is 18.3 Å². The molecule has 0 aliphatic carbocycles. The standard InChI is InChI=1S/C16H28N4/c1-4-9-17-16-8-7-14(11-18-16)12-20(3)15-6-5-10-19(2)13-15/h7-8,11,15H,4-6,9-10,12-13H2,1-3H3,(H,17,18). The number of nitrogens with zero attached hydrogens (tertiary/aromatic N) is 3. The van der Waals surface area contributed by atoms with Gasteiger partial charge in [-0.3, -0.25) is 4.90 Å². The van der Waals surface area contributed by atoms with Gasteiger partial charge in [-0.2, -0.15) is 0 Å². The van der Waals surface area contributed by atoms with Crippen molar-refractivity contribution in [3.63, 3.8) is 0 Å². The molecule has 1 aromatic rings. The van der Waals surface area contributed by atoms with Crippen LogP contribution in [0.1, 0.15) is 31.7 Å². The minimum atomic E-state index is 0.673. The van der Waals surface area contributed by atoms with Crippen LogP contribution in [0, 0.1) is 0 Å². The van der Waals surface area contributed by atoms with E-state index in [0.717, 1.165) is 25.3 Å². The minimum Gasteiger partial charge on any atom is -0.370 e. The highest BCUT2D eigenvalue weighted by Crippen LogP contribution is 2.16. The smallest absolute Gasteiger partial charge is 0.125 e. The van der Waals surface area contributed by atoms with Gasteiger partial charge in [-0.05, 0) is 51.5 Å². The normalized spacial score (nSPS) is 20.3. The number of anilines is 1. The molecule has 4 heteroatoms. The van der Waals surface area contributed by atoms with Gasteiger partial charge < -0.3 is 10.2 Å². The molecule has 20 heavy (non-hydrogen) atoms. The van der Waals surface area contributed by atoms with Gasteiger partial charge in [-0.15, -0.1) is 0 Å². The highest BCUT2D eigenvalue weighted by atomic mass is 15.2. The van der Waals surface area contributed by atoms with Crippen molar-refractivity contribution in [2.45, 2.75) is 38.8 Å². The molecule has 1 atom stereocenters. The van der Waals surface area contributed by atoms with Crippen LogP contribution in [0.2, 0.25) is 0 Å². The van der Waals surface area contributed by atoms with Crippen molar-refractivity contribution >= 4 is 5.82 Å². The van der Waals surface area contributed by atoms with Gasteiger partial charge in [0.25, 0.3) is 0 Å². The lowest BCUT2D eigenvalue weighted by atomic mass is 10.0. The molecule has 4 nitrogen and oxygen atoms in total. The number of piperidine rings is 1. The van der Waals surface area contributed by atoms with E-state index in [-0.39, 0.29) is 0 Å². The first-order valence-electron chi connectivity index (χ1n) is 7.76. The highest BCUT2D eigenvalue weighted by Gasteiger charge is 2.20. The maximum atomic E-state index is 4.48. The quantitative estimate of drug-likeness (QED) is 0.864. The van der Waals surface area contributed by atoms with E-state index in [4.69, 9.17) is 0 Å². The van der Waals surface area contributed by atoms with Crippen LogP contribution >= 0.6 is 0 Å². The molecule has 0 saturated carbocycles. The van der Waals surface area contributed by atoms with Crippen molar-refractivity contribution in [2.24, 2.45) is 0 Å². The molecule has 112 valence electrons. The van der Waals surface area contributed by atoms with E-state index in [2.05, 4.69) is 53.3 Å². The third kappa shape index (κ3) is 4.46. The summed E-state index contributed by atoms with van der Waals surface area (Å²) in [7, 11) is 4.45. The predicted octanol–water partition coefficient (Wildman–Crippen LogP) is 2.43. The summed E-state index contributed by atoms with van der Waals surface area (Å²) in [5.41, 5.74) is 1.29. The van der Waals surface area contributed by atoms with E-state index in [9.17, 15) is 0 Å². The Morgan fingerprint density at radius 3 is 2.95 bits per heavy atom. The van der Waals surface area contributed by atoms with E-state index in [1.54, 1.807) is 0 Å². The first-order chi connectivity index (χ1) is 9.69. The molecule has 1 fully saturated rings. The fourth-order valence-corrected chi connectivity index (χ4v) is 2.79. The molecule has 1 aromatic heterocycles. The largest absolute Gasteiger partial charge is 0.370 e. The van der Waals surface area contributed by atoms with Crippen molar-refractivity contribution < 1.29 is 0 Å². The molecular formula is C16H28N4. The van der Waals surface area contributed by atoms with Crippen LogP contribution in [-0.2, 0) is 6.54 Å². The van der Waals surface area contributed by atoms with Crippen LogP contribution in [-0.4, -0.2) is 54.6 Å². The number of likely N-dealkylation sites (N-methyl/N-ethyl adjacent to an activating group) is 2. The maximum Gasteiger partial charge on any atom is 0.125 e. The molecule has 0 spiro atoms. The van der Waals surface area contributed by atoms with Crippen LogP contribution in [0.4, 0.5) is 5.82 Å². The van der Waals surface area contributed by atoms with Crippen LogP contribution in [0.5, 0.6) is 0 Å². The monoisotopic (exact) mass is 276 g/mol. The van der Waals surface area contributed by atoms with Crippen LogP contribution in [0.3, 0.4) is 0 Å². The molecule has 2 heterocycles. The molecule has 1 unspecified atom stereocenters. The maximum absolute atomic E-state index is 4.48. The Balaban J connectivity index is 1.85. The number of rotatable bonds is 6. The molecule has 1 aliphatic heterocycles. The van der Waals surface area contributed by atoms with E-state index in [0.29, 0.717) is 6.04 Å². The fourth-order valence-electron chi connectivity index (χ4n) is 2.79. The average Bonchev–Trinajstić information content (AvgIpc) is 2.46. The third-order valence-corrected chi connectivity index (χ3v) is 4.04. The molecule has 1 saturated heterocycles. The number of hydrogen-bond acceptors (Lipinski definition) is 4. The fraction of sp³-hybridized carbons (Fsp3) is 0.688. The predicted molar refractivity (Wildman–Crippen MR) is 85.0 cm³/mol. The molecule has 0 radical (unpaired) electrons. The summed E-state index contributed by atoms with van der Waals surface area (Å²) < 4.78 is 0. The zero-order chi connectivity index (χ0) is 14.4. The number of aromatic nitrogens is 1. The molecular weight excluding hydrogens is 248 g/mol. The molecule has 2 rings (SSSR count). The number of pyridine rings is 1. The van der Waals surface area contributed by atoms with Gasteiger partial charge in [-0.25, -0.2) is 4.98 Å². The van der Waals surface area contributed by atoms with Gasteiger partial charge >= 0.3 is 0 Å². The Morgan fingerprint density at radius 1 is 1.45 bits per heavy atom. The van der Waals surface area contributed by atoms with E-state index in [1.165, 1.54) is 31.5 Å². The zero-order valence-electron chi connectivity index (χ0n) is 13.1. The van der Waals surface area contributed by atoms with Gasteiger partial charge in [0, 0.05) is 31.9 Å². The molecule has 1 aliphatic rings. The van der Waals surface area contributed by atoms with Crippen molar-refractivity contribution in [2.75, 3.05) is 39.0 Å². The van der Waals surface area contributed by atoms with E-state index in [1.807, 2.05) is 6.20 Å². The number of hydrogen-bond donors (Lipinski definition) is 1. The average molecular weight is 276 g/mol. The van der Waals surface area contributed by atoms with E-state index >= 15 is 0 Å². The SMILES string of the molecule is CCCNc1ccc(CN(C)C2CCCN(C)C2)cn1. The Labute approximate surface area is 123 Å². The van der Waals surface area contributed by atoms with E-state index < -0.39 is 0 Å². The first kappa shape index (κ1) is 15.3. The summed E-state index contributed by atoms with van der Waals surface area (Å²) in [5.74, 6) is 0.982. The lowest BCUT2D eigenvalue weighted by Gasteiger charge is -2.35. The summed E-state index contributed by atoms with van der Waals surface area (Å²) >= 11 is 0. The second-order valence-electron chi connectivity index (χ2n) is 5.95. The van der Waals surface area contributed by atoms with Crippen molar-refractivity contribution in [3.05, 3.63) is 23.9 Å². The Bertz CT molecular complexity index is 390. The van der Waals surface area contributed by atoms with Gasteiger partial charge in [0.15, 0.2) is 0 Å². The van der Waals surface area contributed by atoms with Gasteiger partial charge in [0.05, 0.1) is 0 Å². The molecule has 0 aromatic carbocycles. The van der Waals surface area contributed by atoms with Crippen molar-refractivity contribution in [3.8, 4) is 0 Å². The van der Waals surface area contributed by atoms with Gasteiger partial charge in [0.2, 0.25) is 0 Å². The molecule has 0 amide bonds. The zero-order valence-corrected chi connectivity index (χ0v) is 13.1. The summed E-state index contributed by atoms with van der Waals surface area (Å²) in [6.07, 6.45) is 5.75. The van der Waals surface area contributed by atoms with Crippen molar-refractivity contribution in [1.29, 1.82) is 0 Å². The second-order valence-corrected chi connectivity index (χ2v) is 5.95. The Morgan fingerprint density at radius 2 is 2.30 bits per heavy atom. The Hall–Kier alpha value is -1.13. The number of nitrogens with one attached hydrogen (secondary N) is 1.